The van der Waals surface area contributed by atoms with Crippen LogP contribution in [0.15, 0.2) is 73.4 Å². The number of carbonyl (C=O) groups is 1. The number of pyridine rings is 2. The second kappa shape index (κ2) is 13.0. The average molecular weight is 591 g/mol. The molecule has 0 aliphatic carbocycles. The normalized spacial score (nSPS) is 13.4. The van der Waals surface area contributed by atoms with Crippen LogP contribution in [0.5, 0.6) is 0 Å². The van der Waals surface area contributed by atoms with Crippen molar-refractivity contribution in [1.82, 2.24) is 34.6 Å². The van der Waals surface area contributed by atoms with E-state index >= 15 is 0 Å². The molecule has 3 N–H and O–H groups in total. The predicted octanol–water partition coefficient (Wildman–Crippen LogP) is 4.95. The van der Waals surface area contributed by atoms with E-state index in [0.29, 0.717) is 34.5 Å². The highest BCUT2D eigenvalue weighted by molar-refractivity contribution is 6.04. The van der Waals surface area contributed by atoms with Gasteiger partial charge in [-0.05, 0) is 61.7 Å². The molecule has 0 unspecified atom stereocenters. The van der Waals surface area contributed by atoms with E-state index in [1.165, 1.54) is 6.33 Å². The molecular formula is C32H34N10O2. The van der Waals surface area contributed by atoms with Crippen LogP contribution in [0.3, 0.4) is 0 Å². The number of morpholine rings is 1. The molecule has 44 heavy (non-hydrogen) atoms. The summed E-state index contributed by atoms with van der Waals surface area (Å²) in [6.45, 7) is 10.1. The first-order valence-corrected chi connectivity index (χ1v) is 14.4. The number of aromatic nitrogens is 6. The highest BCUT2D eigenvalue weighted by Crippen LogP contribution is 2.27. The average Bonchev–Trinajstić information content (AvgIpc) is 3.40. The maximum absolute atomic E-state index is 12.8. The fourth-order valence-corrected chi connectivity index (χ4v) is 4.89. The first kappa shape index (κ1) is 28.9. The molecule has 5 aromatic rings. The third-order valence-corrected chi connectivity index (χ3v) is 7.19. The van der Waals surface area contributed by atoms with Crippen LogP contribution in [-0.4, -0.2) is 66.8 Å². The maximum Gasteiger partial charge on any atom is 0.257 e. The van der Waals surface area contributed by atoms with Gasteiger partial charge in [-0.1, -0.05) is 12.1 Å². The lowest BCUT2D eigenvalue weighted by molar-refractivity contribution is 0.0341. The number of hydrogen-bond donors (Lipinski definition) is 3. The number of rotatable bonds is 9. The van der Waals surface area contributed by atoms with Crippen molar-refractivity contribution in [2.24, 2.45) is 0 Å². The highest BCUT2D eigenvalue weighted by Gasteiger charge is 2.14. The largest absolute Gasteiger partial charge is 0.379 e. The maximum atomic E-state index is 12.8. The lowest BCUT2D eigenvalue weighted by Gasteiger charge is -2.26. The molecule has 4 aromatic heterocycles. The van der Waals surface area contributed by atoms with Crippen molar-refractivity contribution >= 4 is 34.7 Å². The molecule has 1 aliphatic heterocycles. The summed E-state index contributed by atoms with van der Waals surface area (Å²) in [4.78, 5) is 32.7. The van der Waals surface area contributed by atoms with Crippen molar-refractivity contribution in [3.8, 4) is 5.82 Å². The van der Waals surface area contributed by atoms with Gasteiger partial charge < -0.3 is 20.7 Å². The van der Waals surface area contributed by atoms with E-state index in [9.17, 15) is 4.79 Å². The Hall–Kier alpha value is -5.20. The van der Waals surface area contributed by atoms with Gasteiger partial charge in [0.1, 0.15) is 23.8 Å². The number of nitrogens with zero attached hydrogens (tertiary/aromatic N) is 7. The van der Waals surface area contributed by atoms with Crippen LogP contribution < -0.4 is 16.0 Å². The quantitative estimate of drug-likeness (QED) is 0.216. The number of carbonyl (C=O) groups excluding carboxylic acids is 1. The van der Waals surface area contributed by atoms with Crippen LogP contribution in [0.4, 0.5) is 28.8 Å². The second-order valence-electron chi connectivity index (χ2n) is 10.8. The smallest absolute Gasteiger partial charge is 0.257 e. The molecule has 5 heterocycles. The molecule has 12 nitrogen and oxygen atoms in total. The first-order chi connectivity index (χ1) is 21.4. The Morgan fingerprint density at radius 2 is 1.75 bits per heavy atom. The van der Waals surface area contributed by atoms with Crippen molar-refractivity contribution in [3.05, 3.63) is 101 Å². The van der Waals surface area contributed by atoms with Crippen LogP contribution in [0.1, 0.15) is 32.7 Å². The Kier molecular flexibility index (Phi) is 8.52. The Labute approximate surface area is 255 Å². The summed E-state index contributed by atoms with van der Waals surface area (Å²) < 4.78 is 7.16. The summed E-state index contributed by atoms with van der Waals surface area (Å²) in [5, 5.41) is 14.4. The Bertz CT molecular complexity index is 1760. The van der Waals surface area contributed by atoms with Gasteiger partial charge in [-0.15, -0.1) is 0 Å². The number of hydrogen-bond acceptors (Lipinski definition) is 10. The monoisotopic (exact) mass is 590 g/mol. The van der Waals surface area contributed by atoms with E-state index in [-0.39, 0.29) is 5.91 Å². The van der Waals surface area contributed by atoms with Gasteiger partial charge >= 0.3 is 0 Å². The summed E-state index contributed by atoms with van der Waals surface area (Å²) in [7, 11) is 0. The Balaban J connectivity index is 1.17. The molecule has 1 saturated heterocycles. The van der Waals surface area contributed by atoms with Crippen LogP contribution in [0.25, 0.3) is 5.82 Å². The van der Waals surface area contributed by atoms with Gasteiger partial charge in [-0.3, -0.25) is 14.7 Å². The number of aryl methyl sites for hydroxylation is 3. The van der Waals surface area contributed by atoms with Crippen molar-refractivity contribution < 1.29 is 9.53 Å². The molecule has 0 radical (unpaired) electrons. The van der Waals surface area contributed by atoms with E-state index in [1.54, 1.807) is 23.1 Å². The van der Waals surface area contributed by atoms with Gasteiger partial charge in [0.15, 0.2) is 5.82 Å². The third-order valence-electron chi connectivity index (χ3n) is 7.19. The fourth-order valence-electron chi connectivity index (χ4n) is 4.89. The van der Waals surface area contributed by atoms with E-state index in [4.69, 9.17) is 4.74 Å². The summed E-state index contributed by atoms with van der Waals surface area (Å²) in [6, 6.07) is 15.3. The lowest BCUT2D eigenvalue weighted by atomic mass is 10.1. The highest BCUT2D eigenvalue weighted by atomic mass is 16.5. The van der Waals surface area contributed by atoms with Gasteiger partial charge in [-0.2, -0.15) is 9.78 Å². The molecule has 1 fully saturated rings. The van der Waals surface area contributed by atoms with Crippen molar-refractivity contribution in [1.29, 1.82) is 0 Å². The van der Waals surface area contributed by atoms with Crippen molar-refractivity contribution in [2.45, 2.75) is 27.3 Å². The van der Waals surface area contributed by atoms with Crippen LogP contribution in [0.2, 0.25) is 0 Å². The van der Waals surface area contributed by atoms with E-state index in [1.807, 2.05) is 63.4 Å². The van der Waals surface area contributed by atoms with Crippen molar-refractivity contribution in [3.63, 3.8) is 0 Å². The Morgan fingerprint density at radius 3 is 2.55 bits per heavy atom. The molecule has 1 amide bonds. The molecule has 1 aliphatic rings. The fraction of sp³-hybridized carbons (Fsp3) is 0.250. The molecule has 224 valence electrons. The Morgan fingerprint density at radius 1 is 0.886 bits per heavy atom. The standard InChI is InChI=1S/C32H34N10O2/c1-21-12-25(18-33-16-21)32(43)37-26-6-4-22(2)27(14-26)38-31-13-23(3)40-42(31)30-15-29(35-20-36-30)39-28-7-5-24(17-34-28)19-41-8-10-44-11-9-41/h4-7,12-18,20,38H,8-11,19H2,1-3H3,(H,37,43)(H,34,35,36,39). The zero-order valence-electron chi connectivity index (χ0n) is 24.9. The van der Waals surface area contributed by atoms with Crippen LogP contribution in [-0.2, 0) is 11.3 Å². The summed E-state index contributed by atoms with van der Waals surface area (Å²) in [5.41, 5.74) is 5.86. The summed E-state index contributed by atoms with van der Waals surface area (Å²) in [5.74, 6) is 2.35. The molecule has 0 bridgehead atoms. The molecule has 0 spiro atoms. The summed E-state index contributed by atoms with van der Waals surface area (Å²) in [6.07, 6.45) is 6.65. The number of ether oxygens (including phenoxy) is 1. The zero-order chi connectivity index (χ0) is 30.5. The molecule has 1 aromatic carbocycles. The zero-order valence-corrected chi connectivity index (χ0v) is 24.9. The van der Waals surface area contributed by atoms with Crippen molar-refractivity contribution in [2.75, 3.05) is 42.3 Å². The third kappa shape index (κ3) is 7.05. The molecule has 0 atom stereocenters. The molecule has 12 heteroatoms. The summed E-state index contributed by atoms with van der Waals surface area (Å²) >= 11 is 0. The van der Waals surface area contributed by atoms with Gasteiger partial charge in [0.25, 0.3) is 5.91 Å². The van der Waals surface area contributed by atoms with E-state index in [0.717, 1.165) is 60.9 Å². The minimum absolute atomic E-state index is 0.223. The first-order valence-electron chi connectivity index (χ1n) is 14.4. The van der Waals surface area contributed by atoms with Crippen LogP contribution >= 0.6 is 0 Å². The number of nitrogens with one attached hydrogen (secondary N) is 3. The topological polar surface area (TPSA) is 135 Å². The van der Waals surface area contributed by atoms with E-state index in [2.05, 4.69) is 52.0 Å². The van der Waals surface area contributed by atoms with Crippen LogP contribution in [0, 0.1) is 20.8 Å². The molecule has 6 rings (SSSR count). The van der Waals surface area contributed by atoms with Gasteiger partial charge in [-0.25, -0.2) is 15.0 Å². The molecular weight excluding hydrogens is 556 g/mol. The number of amides is 1. The second-order valence-corrected chi connectivity index (χ2v) is 10.8. The number of anilines is 5. The molecule has 0 saturated carbocycles. The van der Waals surface area contributed by atoms with Gasteiger partial charge in [0.05, 0.1) is 24.5 Å². The predicted molar refractivity (Wildman–Crippen MR) is 169 cm³/mol. The minimum Gasteiger partial charge on any atom is -0.379 e. The SMILES string of the molecule is Cc1cncc(C(=O)Nc2ccc(C)c(Nc3cc(C)nn3-c3cc(Nc4ccc(CN5CCOCC5)cn4)ncn3)c2)c1. The lowest BCUT2D eigenvalue weighted by Crippen LogP contribution is -2.35. The minimum atomic E-state index is -0.223. The van der Waals surface area contributed by atoms with Gasteiger partial charge in [0, 0.05) is 61.7 Å². The number of benzene rings is 1. The van der Waals surface area contributed by atoms with E-state index < -0.39 is 0 Å². The van der Waals surface area contributed by atoms with Gasteiger partial charge in [0.2, 0.25) is 0 Å².